The van der Waals surface area contributed by atoms with Gasteiger partial charge in [0.2, 0.25) is 0 Å². The molecule has 0 aliphatic heterocycles. The molecule has 1 aromatic heterocycles. The molecule has 0 saturated heterocycles. The molecule has 1 fully saturated rings. The molecule has 3 nitrogen and oxygen atoms in total. The molecule has 1 aromatic carbocycles. The lowest BCUT2D eigenvalue weighted by Crippen LogP contribution is -2.28. The first-order valence-electron chi connectivity index (χ1n) is 5.93. The van der Waals surface area contributed by atoms with Crippen molar-refractivity contribution < 1.29 is 0 Å². The number of benzene rings is 1. The van der Waals surface area contributed by atoms with Gasteiger partial charge >= 0.3 is 0 Å². The number of halogens is 1. The molecule has 17 heavy (non-hydrogen) atoms. The van der Waals surface area contributed by atoms with E-state index in [-0.39, 0.29) is 0 Å². The van der Waals surface area contributed by atoms with Crippen LogP contribution in [0.5, 0.6) is 0 Å². The molecular formula is C13H14ClN3. The van der Waals surface area contributed by atoms with Gasteiger partial charge in [-0.05, 0) is 18.9 Å². The predicted molar refractivity (Wildman–Crippen MR) is 70.6 cm³/mol. The Labute approximate surface area is 105 Å². The molecule has 4 heteroatoms. The lowest BCUT2D eigenvalue weighted by molar-refractivity contribution is 0.827. The minimum Gasteiger partial charge on any atom is -0.366 e. The zero-order valence-corrected chi connectivity index (χ0v) is 10.3. The zero-order valence-electron chi connectivity index (χ0n) is 9.51. The SMILES string of the molecule is ClCCN(c1cnnc2ccccc12)C1CC1. The maximum atomic E-state index is 5.89. The van der Waals surface area contributed by atoms with Crippen LogP contribution in [-0.2, 0) is 0 Å². The quantitative estimate of drug-likeness (QED) is 0.778. The third-order valence-corrected chi connectivity index (χ3v) is 3.32. The summed E-state index contributed by atoms with van der Waals surface area (Å²) in [6, 6.07) is 8.77. The van der Waals surface area contributed by atoms with Crippen molar-refractivity contribution >= 4 is 28.2 Å². The Hall–Kier alpha value is -1.35. The summed E-state index contributed by atoms with van der Waals surface area (Å²) >= 11 is 5.89. The summed E-state index contributed by atoms with van der Waals surface area (Å²) in [6.45, 7) is 0.877. The maximum absolute atomic E-state index is 5.89. The molecule has 1 saturated carbocycles. The fraction of sp³-hybridized carbons (Fsp3) is 0.385. The first-order valence-corrected chi connectivity index (χ1v) is 6.46. The second-order valence-corrected chi connectivity index (χ2v) is 4.74. The van der Waals surface area contributed by atoms with Gasteiger partial charge in [0.1, 0.15) is 0 Å². The van der Waals surface area contributed by atoms with Crippen LogP contribution in [0.4, 0.5) is 5.69 Å². The summed E-state index contributed by atoms with van der Waals surface area (Å²) in [7, 11) is 0. The molecule has 0 spiro atoms. The lowest BCUT2D eigenvalue weighted by Gasteiger charge is -2.24. The van der Waals surface area contributed by atoms with E-state index < -0.39 is 0 Å². The number of alkyl halides is 1. The lowest BCUT2D eigenvalue weighted by atomic mass is 10.2. The molecule has 0 bridgehead atoms. The molecule has 1 aliphatic rings. The molecule has 0 amide bonds. The Bertz CT molecular complexity index is 520. The molecule has 2 aromatic rings. The van der Waals surface area contributed by atoms with Crippen molar-refractivity contribution in [1.29, 1.82) is 0 Å². The van der Waals surface area contributed by atoms with E-state index in [9.17, 15) is 0 Å². The van der Waals surface area contributed by atoms with Gasteiger partial charge in [0.25, 0.3) is 0 Å². The highest BCUT2D eigenvalue weighted by molar-refractivity contribution is 6.18. The first-order chi connectivity index (χ1) is 8.40. The van der Waals surface area contributed by atoms with Crippen molar-refractivity contribution in [1.82, 2.24) is 10.2 Å². The van der Waals surface area contributed by atoms with Crippen LogP contribution < -0.4 is 4.90 Å². The summed E-state index contributed by atoms with van der Waals surface area (Å²) < 4.78 is 0. The van der Waals surface area contributed by atoms with Gasteiger partial charge in [-0.3, -0.25) is 0 Å². The third-order valence-electron chi connectivity index (χ3n) is 3.15. The number of aromatic nitrogens is 2. The van der Waals surface area contributed by atoms with Gasteiger partial charge in [-0.2, -0.15) is 10.2 Å². The maximum Gasteiger partial charge on any atom is 0.0950 e. The predicted octanol–water partition coefficient (Wildman–Crippen LogP) is 2.84. The molecule has 1 heterocycles. The Balaban J connectivity index is 2.08. The molecular weight excluding hydrogens is 234 g/mol. The van der Waals surface area contributed by atoms with Crippen LogP contribution in [0, 0.1) is 0 Å². The molecule has 1 aliphatic carbocycles. The average molecular weight is 248 g/mol. The van der Waals surface area contributed by atoms with Crippen LogP contribution in [0.15, 0.2) is 30.5 Å². The molecule has 0 radical (unpaired) electrons. The van der Waals surface area contributed by atoms with Crippen molar-refractivity contribution in [3.63, 3.8) is 0 Å². The summed E-state index contributed by atoms with van der Waals surface area (Å²) in [5.74, 6) is 0.646. The van der Waals surface area contributed by atoms with Gasteiger partial charge in [0.05, 0.1) is 17.4 Å². The second-order valence-electron chi connectivity index (χ2n) is 4.36. The van der Waals surface area contributed by atoms with Crippen LogP contribution in [0.3, 0.4) is 0 Å². The Morgan fingerprint density at radius 2 is 2.12 bits per heavy atom. The van der Waals surface area contributed by atoms with E-state index in [1.807, 2.05) is 24.4 Å². The zero-order chi connectivity index (χ0) is 11.7. The number of nitrogens with zero attached hydrogens (tertiary/aromatic N) is 3. The number of hydrogen-bond acceptors (Lipinski definition) is 3. The number of fused-ring (bicyclic) bond motifs is 1. The average Bonchev–Trinajstić information content (AvgIpc) is 3.20. The van der Waals surface area contributed by atoms with Crippen LogP contribution in [0.1, 0.15) is 12.8 Å². The highest BCUT2D eigenvalue weighted by atomic mass is 35.5. The largest absolute Gasteiger partial charge is 0.366 e. The van der Waals surface area contributed by atoms with Gasteiger partial charge in [0.15, 0.2) is 0 Å². The van der Waals surface area contributed by atoms with E-state index in [0.29, 0.717) is 11.9 Å². The van der Waals surface area contributed by atoms with Gasteiger partial charge in [-0.1, -0.05) is 18.2 Å². The minimum atomic E-state index is 0.640. The van der Waals surface area contributed by atoms with E-state index in [4.69, 9.17) is 11.6 Å². The van der Waals surface area contributed by atoms with Crippen LogP contribution in [0.25, 0.3) is 10.9 Å². The third kappa shape index (κ3) is 2.07. The Morgan fingerprint density at radius 3 is 2.88 bits per heavy atom. The van der Waals surface area contributed by atoms with Gasteiger partial charge in [0, 0.05) is 23.9 Å². The number of anilines is 1. The van der Waals surface area contributed by atoms with E-state index in [2.05, 4.69) is 21.2 Å². The summed E-state index contributed by atoms with van der Waals surface area (Å²) in [5, 5.41) is 9.41. The number of hydrogen-bond donors (Lipinski definition) is 0. The van der Waals surface area contributed by atoms with E-state index in [1.54, 1.807) is 0 Å². The van der Waals surface area contributed by atoms with E-state index in [0.717, 1.165) is 12.1 Å². The highest BCUT2D eigenvalue weighted by Gasteiger charge is 2.29. The van der Waals surface area contributed by atoms with Crippen LogP contribution in [-0.4, -0.2) is 28.7 Å². The van der Waals surface area contributed by atoms with Crippen molar-refractivity contribution in [3.05, 3.63) is 30.5 Å². The van der Waals surface area contributed by atoms with Crippen LogP contribution >= 0.6 is 11.6 Å². The van der Waals surface area contributed by atoms with E-state index >= 15 is 0 Å². The van der Waals surface area contributed by atoms with Gasteiger partial charge in [-0.15, -0.1) is 11.6 Å². The summed E-state index contributed by atoms with van der Waals surface area (Å²) in [4.78, 5) is 2.37. The molecule has 0 atom stereocenters. The minimum absolute atomic E-state index is 0.640. The number of rotatable bonds is 4. The topological polar surface area (TPSA) is 29.0 Å². The molecule has 0 unspecified atom stereocenters. The van der Waals surface area contributed by atoms with Gasteiger partial charge < -0.3 is 4.90 Å². The molecule has 0 N–H and O–H groups in total. The standard InChI is InChI=1S/C13H14ClN3/c14-7-8-17(10-5-6-10)13-9-15-16-12-4-2-1-3-11(12)13/h1-4,9-10H,5-8H2. The van der Waals surface area contributed by atoms with Crippen molar-refractivity contribution in [2.45, 2.75) is 18.9 Å². The summed E-state index contributed by atoms with van der Waals surface area (Å²) in [6.07, 6.45) is 4.37. The van der Waals surface area contributed by atoms with Crippen molar-refractivity contribution in [2.75, 3.05) is 17.3 Å². The molecule has 3 rings (SSSR count). The fourth-order valence-electron chi connectivity index (χ4n) is 2.20. The second kappa shape index (κ2) is 4.49. The first kappa shape index (κ1) is 10.8. The smallest absolute Gasteiger partial charge is 0.0950 e. The monoisotopic (exact) mass is 247 g/mol. The normalized spacial score (nSPS) is 15.1. The fourth-order valence-corrected chi connectivity index (χ4v) is 2.38. The van der Waals surface area contributed by atoms with Crippen LogP contribution in [0.2, 0.25) is 0 Å². The van der Waals surface area contributed by atoms with Crippen molar-refractivity contribution in [3.8, 4) is 0 Å². The molecule has 88 valence electrons. The van der Waals surface area contributed by atoms with E-state index in [1.165, 1.54) is 23.9 Å². The highest BCUT2D eigenvalue weighted by Crippen LogP contribution is 2.34. The van der Waals surface area contributed by atoms with Gasteiger partial charge in [-0.25, -0.2) is 0 Å². The summed E-state index contributed by atoms with van der Waals surface area (Å²) in [5.41, 5.74) is 2.11. The Kier molecular flexibility index (Phi) is 2.85. The Morgan fingerprint density at radius 1 is 1.29 bits per heavy atom. The van der Waals surface area contributed by atoms with Crippen molar-refractivity contribution in [2.24, 2.45) is 0 Å².